The summed E-state index contributed by atoms with van der Waals surface area (Å²) in [5.41, 5.74) is 4.18. The van der Waals surface area contributed by atoms with E-state index >= 15 is 0 Å². The number of nitrogens with zero attached hydrogens (tertiary/aromatic N) is 3. The van der Waals surface area contributed by atoms with E-state index in [0.29, 0.717) is 17.6 Å². The maximum atomic E-state index is 6.45. The summed E-state index contributed by atoms with van der Waals surface area (Å²) in [5.74, 6) is 0.512. The molecule has 0 unspecified atom stereocenters. The molecule has 0 radical (unpaired) electrons. The van der Waals surface area contributed by atoms with Crippen LogP contribution in [-0.4, -0.2) is 15.0 Å². The summed E-state index contributed by atoms with van der Waals surface area (Å²) in [7, 11) is 0. The lowest BCUT2D eigenvalue weighted by Crippen LogP contribution is -2.01. The van der Waals surface area contributed by atoms with E-state index in [1.807, 2.05) is 18.2 Å². The molecule has 3 rings (SSSR count). The average Bonchev–Trinajstić information content (AvgIpc) is 2.89. The van der Waals surface area contributed by atoms with Crippen LogP contribution >= 0.6 is 11.6 Å². The molecule has 3 aromatic rings. The number of benzene rings is 2. The SMILES string of the molecule is CC(C)c1ccc(-c2nnn(Cc3ccccc3)c2Cl)cc1. The van der Waals surface area contributed by atoms with Gasteiger partial charge in [0.2, 0.25) is 0 Å². The largest absolute Gasteiger partial charge is 0.229 e. The Hall–Kier alpha value is -2.13. The molecular weight excluding hydrogens is 294 g/mol. The molecule has 1 heterocycles. The van der Waals surface area contributed by atoms with Gasteiger partial charge in [-0.25, -0.2) is 4.68 Å². The molecule has 4 heteroatoms. The van der Waals surface area contributed by atoms with Crippen molar-refractivity contribution < 1.29 is 0 Å². The third-order valence-electron chi connectivity index (χ3n) is 3.70. The van der Waals surface area contributed by atoms with Crippen LogP contribution in [0.25, 0.3) is 11.3 Å². The monoisotopic (exact) mass is 311 g/mol. The lowest BCUT2D eigenvalue weighted by Gasteiger charge is -2.06. The molecular formula is C18H18ClN3. The van der Waals surface area contributed by atoms with Crippen LogP contribution in [0.15, 0.2) is 54.6 Å². The molecule has 0 spiro atoms. The Morgan fingerprint density at radius 3 is 2.32 bits per heavy atom. The van der Waals surface area contributed by atoms with E-state index in [-0.39, 0.29) is 0 Å². The van der Waals surface area contributed by atoms with Crippen molar-refractivity contribution in [2.75, 3.05) is 0 Å². The predicted molar refractivity (Wildman–Crippen MR) is 90.1 cm³/mol. The smallest absolute Gasteiger partial charge is 0.155 e. The molecule has 0 amide bonds. The molecule has 22 heavy (non-hydrogen) atoms. The first-order valence-corrected chi connectivity index (χ1v) is 7.76. The molecule has 0 fully saturated rings. The molecule has 0 bridgehead atoms. The zero-order valence-corrected chi connectivity index (χ0v) is 13.5. The highest BCUT2D eigenvalue weighted by Gasteiger charge is 2.13. The van der Waals surface area contributed by atoms with Crippen LogP contribution < -0.4 is 0 Å². The molecule has 112 valence electrons. The Kier molecular flexibility index (Phi) is 4.25. The molecule has 0 N–H and O–H groups in total. The lowest BCUT2D eigenvalue weighted by molar-refractivity contribution is 0.650. The van der Waals surface area contributed by atoms with Crippen molar-refractivity contribution in [3.63, 3.8) is 0 Å². The van der Waals surface area contributed by atoms with Gasteiger partial charge in [-0.05, 0) is 17.0 Å². The molecule has 0 aliphatic heterocycles. The van der Waals surface area contributed by atoms with Gasteiger partial charge in [-0.3, -0.25) is 0 Å². The second-order valence-corrected chi connectivity index (χ2v) is 6.01. The number of hydrogen-bond donors (Lipinski definition) is 0. The van der Waals surface area contributed by atoms with Crippen molar-refractivity contribution in [3.8, 4) is 11.3 Å². The first kappa shape index (κ1) is 14.8. The summed E-state index contributed by atoms with van der Waals surface area (Å²) < 4.78 is 1.72. The Morgan fingerprint density at radius 2 is 1.68 bits per heavy atom. The van der Waals surface area contributed by atoms with E-state index < -0.39 is 0 Å². The molecule has 2 aromatic carbocycles. The van der Waals surface area contributed by atoms with Gasteiger partial charge in [0, 0.05) is 5.56 Å². The van der Waals surface area contributed by atoms with Crippen LogP contribution in [-0.2, 0) is 6.54 Å². The average molecular weight is 312 g/mol. The van der Waals surface area contributed by atoms with Crippen molar-refractivity contribution in [3.05, 3.63) is 70.9 Å². The van der Waals surface area contributed by atoms with Crippen LogP contribution in [0.3, 0.4) is 0 Å². The second-order valence-electron chi connectivity index (χ2n) is 5.65. The van der Waals surface area contributed by atoms with Gasteiger partial charge in [0.25, 0.3) is 0 Å². The van der Waals surface area contributed by atoms with Gasteiger partial charge < -0.3 is 0 Å². The highest BCUT2D eigenvalue weighted by molar-refractivity contribution is 6.32. The third-order valence-corrected chi connectivity index (χ3v) is 4.07. The van der Waals surface area contributed by atoms with Crippen molar-refractivity contribution >= 4 is 11.6 Å². The van der Waals surface area contributed by atoms with Crippen LogP contribution in [0.2, 0.25) is 5.15 Å². The topological polar surface area (TPSA) is 30.7 Å². The summed E-state index contributed by atoms with van der Waals surface area (Å²) >= 11 is 6.45. The van der Waals surface area contributed by atoms with Crippen molar-refractivity contribution in [1.82, 2.24) is 15.0 Å². The second kappa shape index (κ2) is 6.32. The quantitative estimate of drug-likeness (QED) is 0.695. The Labute approximate surface area is 135 Å². The van der Waals surface area contributed by atoms with Crippen molar-refractivity contribution in [1.29, 1.82) is 0 Å². The van der Waals surface area contributed by atoms with Gasteiger partial charge in [0.1, 0.15) is 5.69 Å². The molecule has 0 atom stereocenters. The Balaban J connectivity index is 1.87. The van der Waals surface area contributed by atoms with Gasteiger partial charge in [-0.2, -0.15) is 0 Å². The zero-order chi connectivity index (χ0) is 15.5. The van der Waals surface area contributed by atoms with E-state index in [2.05, 4.69) is 60.6 Å². The normalized spacial score (nSPS) is 11.1. The Bertz CT molecular complexity index is 746. The van der Waals surface area contributed by atoms with Gasteiger partial charge in [-0.15, -0.1) is 5.10 Å². The van der Waals surface area contributed by atoms with Gasteiger partial charge in [-0.1, -0.05) is 85.3 Å². The van der Waals surface area contributed by atoms with Gasteiger partial charge in [0.05, 0.1) is 6.54 Å². The molecule has 0 aliphatic carbocycles. The van der Waals surface area contributed by atoms with E-state index in [0.717, 1.165) is 16.8 Å². The molecule has 1 aromatic heterocycles. The fourth-order valence-electron chi connectivity index (χ4n) is 2.36. The van der Waals surface area contributed by atoms with E-state index in [1.165, 1.54) is 5.56 Å². The first-order valence-electron chi connectivity index (χ1n) is 7.38. The summed E-state index contributed by atoms with van der Waals surface area (Å²) in [6.07, 6.45) is 0. The number of hydrogen-bond acceptors (Lipinski definition) is 2. The third kappa shape index (κ3) is 3.04. The van der Waals surface area contributed by atoms with E-state index in [1.54, 1.807) is 4.68 Å². The fourth-order valence-corrected chi connectivity index (χ4v) is 2.60. The number of halogens is 1. The minimum atomic E-state index is 0.512. The Morgan fingerprint density at radius 1 is 1.00 bits per heavy atom. The van der Waals surface area contributed by atoms with Gasteiger partial charge >= 0.3 is 0 Å². The summed E-state index contributed by atoms with van der Waals surface area (Å²) in [4.78, 5) is 0. The maximum absolute atomic E-state index is 6.45. The maximum Gasteiger partial charge on any atom is 0.155 e. The van der Waals surface area contributed by atoms with Crippen LogP contribution in [0.4, 0.5) is 0 Å². The highest BCUT2D eigenvalue weighted by atomic mass is 35.5. The molecule has 0 saturated carbocycles. The van der Waals surface area contributed by atoms with E-state index in [9.17, 15) is 0 Å². The summed E-state index contributed by atoms with van der Waals surface area (Å²) in [6.45, 7) is 4.98. The lowest BCUT2D eigenvalue weighted by atomic mass is 10.0. The van der Waals surface area contributed by atoms with E-state index in [4.69, 9.17) is 11.6 Å². The number of rotatable bonds is 4. The molecule has 0 aliphatic rings. The first-order chi connectivity index (χ1) is 10.6. The standard InChI is InChI=1S/C18H18ClN3/c1-13(2)15-8-10-16(11-9-15)17-18(19)22(21-20-17)12-14-6-4-3-5-7-14/h3-11,13H,12H2,1-2H3. The summed E-state index contributed by atoms with van der Waals surface area (Å²) in [5, 5.41) is 8.99. The molecule has 0 saturated heterocycles. The number of aromatic nitrogens is 3. The molecule has 3 nitrogen and oxygen atoms in total. The van der Waals surface area contributed by atoms with Gasteiger partial charge in [0.15, 0.2) is 5.15 Å². The summed E-state index contributed by atoms with van der Waals surface area (Å²) in [6, 6.07) is 18.4. The predicted octanol–water partition coefficient (Wildman–Crippen LogP) is 4.77. The minimum absolute atomic E-state index is 0.512. The highest BCUT2D eigenvalue weighted by Crippen LogP contribution is 2.27. The van der Waals surface area contributed by atoms with Crippen LogP contribution in [0.5, 0.6) is 0 Å². The van der Waals surface area contributed by atoms with Crippen molar-refractivity contribution in [2.45, 2.75) is 26.3 Å². The van der Waals surface area contributed by atoms with Crippen LogP contribution in [0.1, 0.15) is 30.9 Å². The zero-order valence-electron chi connectivity index (χ0n) is 12.7. The minimum Gasteiger partial charge on any atom is -0.229 e. The fraction of sp³-hybridized carbons (Fsp3) is 0.222. The van der Waals surface area contributed by atoms with Crippen LogP contribution in [0, 0.1) is 0 Å². The van der Waals surface area contributed by atoms with Crippen molar-refractivity contribution in [2.24, 2.45) is 0 Å².